The molecule has 0 aromatic carbocycles. The lowest BCUT2D eigenvalue weighted by molar-refractivity contribution is -0.136. The highest BCUT2D eigenvalue weighted by atomic mass is 16.4. The van der Waals surface area contributed by atoms with E-state index in [0.29, 0.717) is 0 Å². The number of nitrogens with two attached hydrogens (primary N) is 1. The van der Waals surface area contributed by atoms with E-state index in [9.17, 15) is 9.59 Å². The summed E-state index contributed by atoms with van der Waals surface area (Å²) >= 11 is 0. The van der Waals surface area contributed by atoms with Gasteiger partial charge in [0.2, 0.25) is 0 Å². The summed E-state index contributed by atoms with van der Waals surface area (Å²) in [5.74, 6) is -1.58. The van der Waals surface area contributed by atoms with E-state index in [1.54, 1.807) is 0 Å². The van der Waals surface area contributed by atoms with Crippen LogP contribution in [0.5, 0.6) is 0 Å². The Morgan fingerprint density at radius 1 is 0.857 bits per heavy atom. The van der Waals surface area contributed by atoms with Crippen LogP contribution in [0.1, 0.15) is 45.4 Å². The zero-order valence-electron chi connectivity index (χ0n) is 13.1. The molecule has 0 aliphatic rings. The van der Waals surface area contributed by atoms with Crippen LogP contribution in [0, 0.1) is 0 Å². The molecular formula is C14H31N3O4. The van der Waals surface area contributed by atoms with Gasteiger partial charge in [0.15, 0.2) is 0 Å². The molecule has 0 aliphatic carbocycles. The fraction of sp³-hybridized carbons (Fsp3) is 0.857. The molecule has 6 N–H and O–H groups in total. The average Bonchev–Trinajstić information content (AvgIpc) is 2.43. The van der Waals surface area contributed by atoms with Gasteiger partial charge in [-0.1, -0.05) is 26.2 Å². The molecule has 0 radical (unpaired) electrons. The fourth-order valence-corrected chi connectivity index (χ4v) is 1.44. The summed E-state index contributed by atoms with van der Waals surface area (Å²) in [4.78, 5) is 20.0. The zero-order valence-corrected chi connectivity index (χ0v) is 13.1. The van der Waals surface area contributed by atoms with Crippen LogP contribution >= 0.6 is 0 Å². The van der Waals surface area contributed by atoms with Crippen LogP contribution in [0.25, 0.3) is 0 Å². The van der Waals surface area contributed by atoms with Crippen molar-refractivity contribution in [1.29, 1.82) is 0 Å². The van der Waals surface area contributed by atoms with E-state index in [4.69, 9.17) is 15.9 Å². The molecule has 0 aromatic heterocycles. The summed E-state index contributed by atoms with van der Waals surface area (Å²) in [7, 11) is 0. The van der Waals surface area contributed by atoms with Crippen molar-refractivity contribution >= 4 is 11.9 Å². The second-order valence-corrected chi connectivity index (χ2v) is 4.70. The van der Waals surface area contributed by atoms with Crippen LogP contribution in [-0.2, 0) is 9.59 Å². The first-order chi connectivity index (χ1) is 10.0. The number of rotatable bonds is 13. The summed E-state index contributed by atoms with van der Waals surface area (Å²) in [6, 6.07) is 0. The molecule has 0 unspecified atom stereocenters. The Kier molecular flexibility index (Phi) is 19.8. The second-order valence-electron chi connectivity index (χ2n) is 4.70. The highest BCUT2D eigenvalue weighted by Gasteiger charge is 1.94. The lowest BCUT2D eigenvalue weighted by atomic mass is 10.2. The number of carbonyl (C=O) groups is 2. The largest absolute Gasteiger partial charge is 0.480 e. The van der Waals surface area contributed by atoms with Gasteiger partial charge in [-0.25, -0.2) is 0 Å². The lowest BCUT2D eigenvalue weighted by Gasteiger charge is -2.00. The molecule has 0 saturated heterocycles. The van der Waals surface area contributed by atoms with E-state index in [0.717, 1.165) is 58.2 Å². The van der Waals surface area contributed by atoms with Crippen LogP contribution in [0.2, 0.25) is 0 Å². The fourth-order valence-electron chi connectivity index (χ4n) is 1.44. The van der Waals surface area contributed by atoms with Crippen molar-refractivity contribution in [3.8, 4) is 0 Å². The van der Waals surface area contributed by atoms with Crippen molar-refractivity contribution in [3.05, 3.63) is 0 Å². The second kappa shape index (κ2) is 18.8. The van der Waals surface area contributed by atoms with Gasteiger partial charge in [0, 0.05) is 0 Å². The third-order valence-corrected chi connectivity index (χ3v) is 2.57. The Morgan fingerprint density at radius 2 is 1.33 bits per heavy atom. The summed E-state index contributed by atoms with van der Waals surface area (Å²) in [6.07, 6.45) is 6.53. The number of carboxylic acid groups (broad SMARTS) is 2. The molecule has 0 rings (SSSR count). The number of aliphatic carboxylic acids is 2. The minimum Gasteiger partial charge on any atom is -0.480 e. The number of hydrogen-bond donors (Lipinski definition) is 5. The van der Waals surface area contributed by atoms with E-state index in [-0.39, 0.29) is 13.1 Å². The predicted molar refractivity (Wildman–Crippen MR) is 83.4 cm³/mol. The van der Waals surface area contributed by atoms with E-state index < -0.39 is 11.9 Å². The Bertz CT molecular complexity index is 250. The van der Waals surface area contributed by atoms with E-state index in [1.165, 1.54) is 0 Å². The van der Waals surface area contributed by atoms with Crippen molar-refractivity contribution in [2.45, 2.75) is 45.4 Å². The van der Waals surface area contributed by atoms with Crippen molar-refractivity contribution < 1.29 is 19.8 Å². The third-order valence-electron chi connectivity index (χ3n) is 2.57. The molecule has 7 heteroatoms. The molecule has 0 spiro atoms. The van der Waals surface area contributed by atoms with E-state index in [1.807, 2.05) is 0 Å². The molecule has 7 nitrogen and oxygen atoms in total. The topological polar surface area (TPSA) is 125 Å². The Hall–Kier alpha value is -1.18. The maximum absolute atomic E-state index is 10.1. The molecule has 0 atom stereocenters. The van der Waals surface area contributed by atoms with Crippen molar-refractivity contribution in [2.75, 3.05) is 32.7 Å². The van der Waals surface area contributed by atoms with Gasteiger partial charge in [-0.2, -0.15) is 0 Å². The highest BCUT2D eigenvalue weighted by molar-refractivity contribution is 5.69. The van der Waals surface area contributed by atoms with Gasteiger partial charge in [0.05, 0.1) is 13.1 Å². The molecule has 0 heterocycles. The van der Waals surface area contributed by atoms with Gasteiger partial charge in [0.1, 0.15) is 0 Å². The SMILES string of the molecule is CCCCNCC(=O)O.NCCCCCCNCC(=O)O. The maximum Gasteiger partial charge on any atom is 0.317 e. The predicted octanol–water partition coefficient (Wildman–Crippen LogP) is 0.640. The smallest absolute Gasteiger partial charge is 0.317 e. The number of hydrogen-bond acceptors (Lipinski definition) is 5. The molecule has 126 valence electrons. The number of unbranched alkanes of at least 4 members (excludes halogenated alkanes) is 4. The number of carboxylic acids is 2. The minimum atomic E-state index is -0.794. The van der Waals surface area contributed by atoms with Crippen LogP contribution < -0.4 is 16.4 Å². The van der Waals surface area contributed by atoms with Crippen LogP contribution in [-0.4, -0.2) is 54.9 Å². The van der Waals surface area contributed by atoms with E-state index >= 15 is 0 Å². The Labute approximate surface area is 127 Å². The monoisotopic (exact) mass is 305 g/mol. The van der Waals surface area contributed by atoms with Crippen LogP contribution in [0.15, 0.2) is 0 Å². The summed E-state index contributed by atoms with van der Waals surface area (Å²) in [6.45, 7) is 4.57. The molecule has 21 heavy (non-hydrogen) atoms. The molecule has 0 aromatic rings. The van der Waals surface area contributed by atoms with Gasteiger partial charge in [0.25, 0.3) is 0 Å². The van der Waals surface area contributed by atoms with Crippen molar-refractivity contribution in [3.63, 3.8) is 0 Å². The first-order valence-corrected chi connectivity index (χ1v) is 7.59. The Morgan fingerprint density at radius 3 is 1.76 bits per heavy atom. The molecule has 0 saturated carbocycles. The normalized spacial score (nSPS) is 9.81. The third kappa shape index (κ3) is 27.9. The molecule has 0 fully saturated rings. The number of nitrogens with one attached hydrogen (secondary N) is 2. The first kappa shape index (κ1) is 22.1. The summed E-state index contributed by atoms with van der Waals surface area (Å²) in [5.41, 5.74) is 5.32. The van der Waals surface area contributed by atoms with Crippen LogP contribution in [0.4, 0.5) is 0 Å². The summed E-state index contributed by atoms with van der Waals surface area (Å²) < 4.78 is 0. The van der Waals surface area contributed by atoms with Crippen LogP contribution in [0.3, 0.4) is 0 Å². The lowest BCUT2D eigenvalue weighted by Crippen LogP contribution is -2.23. The zero-order chi connectivity index (χ0) is 16.3. The molecular weight excluding hydrogens is 274 g/mol. The Balaban J connectivity index is 0. The maximum atomic E-state index is 10.1. The standard InChI is InChI=1S/C8H18N2O2.C6H13NO2/c9-5-3-1-2-4-6-10-7-8(11)12;1-2-3-4-7-5-6(8)9/h10H,1-7,9H2,(H,11,12);7H,2-5H2,1H3,(H,8,9). The van der Waals surface area contributed by atoms with E-state index in [2.05, 4.69) is 17.6 Å². The summed E-state index contributed by atoms with van der Waals surface area (Å²) in [5, 5.41) is 22.0. The van der Waals surface area contributed by atoms with Crippen molar-refractivity contribution in [2.24, 2.45) is 5.73 Å². The van der Waals surface area contributed by atoms with Gasteiger partial charge >= 0.3 is 11.9 Å². The minimum absolute atomic E-state index is 0.0664. The highest BCUT2D eigenvalue weighted by Crippen LogP contribution is 1.96. The van der Waals surface area contributed by atoms with Gasteiger partial charge in [-0.3, -0.25) is 9.59 Å². The van der Waals surface area contributed by atoms with Crippen molar-refractivity contribution in [1.82, 2.24) is 10.6 Å². The quantitative estimate of drug-likeness (QED) is 0.316. The van der Waals surface area contributed by atoms with Gasteiger partial charge in [-0.15, -0.1) is 0 Å². The first-order valence-electron chi connectivity index (χ1n) is 7.59. The van der Waals surface area contributed by atoms with Gasteiger partial charge in [-0.05, 0) is 38.9 Å². The molecule has 0 amide bonds. The average molecular weight is 305 g/mol. The molecule has 0 aliphatic heterocycles. The van der Waals surface area contributed by atoms with Gasteiger partial charge < -0.3 is 26.6 Å². The molecule has 0 bridgehead atoms.